The summed E-state index contributed by atoms with van der Waals surface area (Å²) in [4.78, 5) is 12.0. The van der Waals surface area contributed by atoms with Crippen molar-refractivity contribution >= 4 is 37.8 Å². The van der Waals surface area contributed by atoms with Crippen LogP contribution >= 0.6 is 31.9 Å². The molecule has 0 saturated heterocycles. The Balaban J connectivity index is 1.97. The lowest BCUT2D eigenvalue weighted by Gasteiger charge is -2.14. The minimum absolute atomic E-state index is 0.0450. The second-order valence-electron chi connectivity index (χ2n) is 4.16. The van der Waals surface area contributed by atoms with E-state index in [0.29, 0.717) is 12.1 Å². The fourth-order valence-electron chi connectivity index (χ4n) is 1.81. The molecule has 2 N–H and O–H groups in total. The molecule has 96 valence electrons. The molecule has 0 bridgehead atoms. The monoisotopic (exact) mass is 372 g/mol. The molecule has 0 aromatic heterocycles. The summed E-state index contributed by atoms with van der Waals surface area (Å²) in [5.74, 6) is -0.0450. The average Bonchev–Trinajstić information content (AvgIpc) is 2.36. The molecule has 1 heterocycles. The van der Waals surface area contributed by atoms with Crippen molar-refractivity contribution in [1.82, 2.24) is 10.6 Å². The molecule has 1 aliphatic heterocycles. The molecule has 0 radical (unpaired) electrons. The van der Waals surface area contributed by atoms with Crippen molar-refractivity contribution in [3.05, 3.63) is 44.4 Å². The maximum atomic E-state index is 12.0. The van der Waals surface area contributed by atoms with Gasteiger partial charge in [0.05, 0.1) is 0 Å². The highest BCUT2D eigenvalue weighted by Gasteiger charge is 2.09. The van der Waals surface area contributed by atoms with Crippen LogP contribution in [0.1, 0.15) is 16.8 Å². The van der Waals surface area contributed by atoms with Crippen molar-refractivity contribution < 1.29 is 4.79 Å². The molecule has 3 nitrogen and oxygen atoms in total. The van der Waals surface area contributed by atoms with E-state index in [2.05, 4.69) is 48.6 Å². The predicted molar refractivity (Wildman–Crippen MR) is 79.7 cm³/mol. The van der Waals surface area contributed by atoms with Gasteiger partial charge in [0.1, 0.15) is 0 Å². The lowest BCUT2D eigenvalue weighted by atomic mass is 10.1. The van der Waals surface area contributed by atoms with Gasteiger partial charge >= 0.3 is 0 Å². The maximum absolute atomic E-state index is 12.0. The van der Waals surface area contributed by atoms with Crippen molar-refractivity contribution in [3.8, 4) is 0 Å². The zero-order valence-electron chi connectivity index (χ0n) is 9.80. The minimum Gasteiger partial charge on any atom is -0.348 e. The van der Waals surface area contributed by atoms with Crippen LogP contribution in [0.3, 0.4) is 0 Å². The number of halogens is 2. The van der Waals surface area contributed by atoms with Gasteiger partial charge in [-0.2, -0.15) is 0 Å². The first-order valence-electron chi connectivity index (χ1n) is 5.78. The van der Waals surface area contributed by atoms with E-state index < -0.39 is 0 Å². The van der Waals surface area contributed by atoms with Gasteiger partial charge in [-0.3, -0.25) is 4.79 Å². The van der Waals surface area contributed by atoms with Crippen LogP contribution in [0.2, 0.25) is 0 Å². The topological polar surface area (TPSA) is 41.1 Å². The van der Waals surface area contributed by atoms with E-state index in [4.69, 9.17) is 0 Å². The smallest absolute Gasteiger partial charge is 0.251 e. The van der Waals surface area contributed by atoms with Crippen LogP contribution in [0.25, 0.3) is 0 Å². The van der Waals surface area contributed by atoms with Crippen LogP contribution in [-0.4, -0.2) is 25.5 Å². The van der Waals surface area contributed by atoms with Gasteiger partial charge in [0.25, 0.3) is 5.91 Å². The Kier molecular flexibility index (Phi) is 4.97. The SMILES string of the molecule is O=C(NCC1=CCNCC1)c1cc(Br)cc(Br)c1. The number of amides is 1. The first-order chi connectivity index (χ1) is 8.65. The number of nitrogens with one attached hydrogen (secondary N) is 2. The summed E-state index contributed by atoms with van der Waals surface area (Å²) >= 11 is 6.76. The second kappa shape index (κ2) is 6.50. The molecule has 5 heteroatoms. The summed E-state index contributed by atoms with van der Waals surface area (Å²) in [6.07, 6.45) is 3.14. The Hall–Kier alpha value is -0.650. The third-order valence-electron chi connectivity index (χ3n) is 2.76. The second-order valence-corrected chi connectivity index (χ2v) is 5.99. The van der Waals surface area contributed by atoms with Gasteiger partial charge in [0.2, 0.25) is 0 Å². The van der Waals surface area contributed by atoms with Crippen LogP contribution in [-0.2, 0) is 0 Å². The summed E-state index contributed by atoms with van der Waals surface area (Å²) in [5.41, 5.74) is 1.95. The van der Waals surface area contributed by atoms with E-state index >= 15 is 0 Å². The quantitative estimate of drug-likeness (QED) is 0.800. The number of carbonyl (C=O) groups is 1. The van der Waals surface area contributed by atoms with Gasteiger partial charge < -0.3 is 10.6 Å². The summed E-state index contributed by atoms with van der Waals surface area (Å²) in [7, 11) is 0. The Morgan fingerprint density at radius 1 is 1.28 bits per heavy atom. The van der Waals surface area contributed by atoms with Crippen LogP contribution in [0, 0.1) is 0 Å². The molecule has 1 aromatic rings. The molecule has 1 aliphatic rings. The lowest BCUT2D eigenvalue weighted by Crippen LogP contribution is -2.29. The molecule has 0 unspecified atom stereocenters. The summed E-state index contributed by atoms with van der Waals surface area (Å²) in [5, 5.41) is 6.19. The normalized spacial score (nSPS) is 15.1. The summed E-state index contributed by atoms with van der Waals surface area (Å²) in [6.45, 7) is 2.52. The molecule has 1 amide bonds. The Morgan fingerprint density at radius 3 is 2.61 bits per heavy atom. The van der Waals surface area contributed by atoms with Crippen molar-refractivity contribution in [1.29, 1.82) is 0 Å². The Bertz CT molecular complexity index is 466. The van der Waals surface area contributed by atoms with E-state index in [-0.39, 0.29) is 5.91 Å². The minimum atomic E-state index is -0.0450. The van der Waals surface area contributed by atoms with Gasteiger partial charge in [-0.05, 0) is 31.2 Å². The molecule has 2 rings (SSSR count). The standard InChI is InChI=1S/C13H14Br2N2O/c14-11-5-10(6-12(15)7-11)13(18)17-8-9-1-3-16-4-2-9/h1,5-7,16H,2-4,8H2,(H,17,18). The van der Waals surface area contributed by atoms with Crippen LogP contribution in [0.5, 0.6) is 0 Å². The largest absolute Gasteiger partial charge is 0.348 e. The summed E-state index contributed by atoms with van der Waals surface area (Å²) in [6, 6.07) is 5.54. The van der Waals surface area contributed by atoms with E-state index in [9.17, 15) is 4.79 Å². The van der Waals surface area contributed by atoms with Gasteiger partial charge in [0.15, 0.2) is 0 Å². The number of benzene rings is 1. The third kappa shape index (κ3) is 3.93. The first kappa shape index (κ1) is 13.8. The van der Waals surface area contributed by atoms with E-state index in [0.717, 1.165) is 28.5 Å². The highest BCUT2D eigenvalue weighted by atomic mass is 79.9. The average molecular weight is 374 g/mol. The third-order valence-corrected chi connectivity index (χ3v) is 3.67. The van der Waals surface area contributed by atoms with Crippen LogP contribution < -0.4 is 10.6 Å². The summed E-state index contributed by atoms with van der Waals surface area (Å²) < 4.78 is 1.78. The number of carbonyl (C=O) groups excluding carboxylic acids is 1. The number of rotatable bonds is 3. The fourth-order valence-corrected chi connectivity index (χ4v) is 3.10. The zero-order chi connectivity index (χ0) is 13.0. The Labute approximate surface area is 123 Å². The van der Waals surface area contributed by atoms with Crippen LogP contribution in [0.15, 0.2) is 38.8 Å². The molecule has 0 saturated carbocycles. The van der Waals surface area contributed by atoms with Crippen molar-refractivity contribution in [3.63, 3.8) is 0 Å². The zero-order valence-corrected chi connectivity index (χ0v) is 13.0. The number of hydrogen-bond donors (Lipinski definition) is 2. The van der Waals surface area contributed by atoms with E-state index in [1.165, 1.54) is 5.57 Å². The molecule has 1 aromatic carbocycles. The Morgan fingerprint density at radius 2 is 2.00 bits per heavy atom. The molecule has 18 heavy (non-hydrogen) atoms. The predicted octanol–water partition coefficient (Wildman–Crippen LogP) is 2.86. The van der Waals surface area contributed by atoms with Gasteiger partial charge in [-0.15, -0.1) is 0 Å². The van der Waals surface area contributed by atoms with Gasteiger partial charge in [-0.25, -0.2) is 0 Å². The van der Waals surface area contributed by atoms with E-state index in [1.807, 2.05) is 18.2 Å². The van der Waals surface area contributed by atoms with E-state index in [1.54, 1.807) is 0 Å². The molecule has 0 fully saturated rings. The van der Waals surface area contributed by atoms with Gasteiger partial charge in [-0.1, -0.05) is 43.5 Å². The van der Waals surface area contributed by atoms with Crippen molar-refractivity contribution in [2.24, 2.45) is 0 Å². The van der Waals surface area contributed by atoms with Crippen molar-refractivity contribution in [2.45, 2.75) is 6.42 Å². The molecular weight excluding hydrogens is 360 g/mol. The van der Waals surface area contributed by atoms with Crippen LogP contribution in [0.4, 0.5) is 0 Å². The maximum Gasteiger partial charge on any atom is 0.251 e. The molecular formula is C13H14Br2N2O. The van der Waals surface area contributed by atoms with Gasteiger partial charge in [0, 0.05) is 27.6 Å². The lowest BCUT2D eigenvalue weighted by molar-refractivity contribution is 0.0956. The highest BCUT2D eigenvalue weighted by molar-refractivity contribution is 9.11. The fraction of sp³-hybridized carbons (Fsp3) is 0.308. The molecule has 0 aliphatic carbocycles. The highest BCUT2D eigenvalue weighted by Crippen LogP contribution is 2.20. The molecule has 0 spiro atoms. The number of hydrogen-bond acceptors (Lipinski definition) is 2. The first-order valence-corrected chi connectivity index (χ1v) is 7.36. The molecule has 0 atom stereocenters. The van der Waals surface area contributed by atoms with Crippen molar-refractivity contribution in [2.75, 3.05) is 19.6 Å².